The van der Waals surface area contributed by atoms with Crippen LogP contribution in [0.25, 0.3) is 0 Å². The summed E-state index contributed by atoms with van der Waals surface area (Å²) in [6.07, 6.45) is 5.84. The Morgan fingerprint density at radius 1 is 1.28 bits per heavy atom. The molecule has 0 aromatic rings. The van der Waals surface area contributed by atoms with Gasteiger partial charge in [0.05, 0.1) is 30.3 Å². The minimum absolute atomic E-state index is 0.00497. The van der Waals surface area contributed by atoms with Crippen LogP contribution in [0.5, 0.6) is 0 Å². The molecule has 1 aliphatic carbocycles. The summed E-state index contributed by atoms with van der Waals surface area (Å²) in [5.74, 6) is -0.819. The molecule has 2 rings (SSSR count). The van der Waals surface area contributed by atoms with E-state index in [1.807, 2.05) is 0 Å². The van der Waals surface area contributed by atoms with Crippen LogP contribution in [-0.4, -0.2) is 35.5 Å². The molecule has 1 saturated heterocycles. The predicted octanol–water partition coefficient (Wildman–Crippen LogP) is 2.60. The molecule has 1 unspecified atom stereocenters. The molecule has 2 fully saturated rings. The molecule has 0 amide bonds. The highest BCUT2D eigenvalue weighted by Gasteiger charge is 2.33. The Morgan fingerprint density at radius 3 is 2.44 bits per heavy atom. The lowest BCUT2D eigenvalue weighted by Crippen LogP contribution is -2.29. The van der Waals surface area contributed by atoms with E-state index in [1.54, 1.807) is 0 Å². The van der Waals surface area contributed by atoms with Gasteiger partial charge in [-0.05, 0) is 52.4 Å². The van der Waals surface area contributed by atoms with Crippen molar-refractivity contribution >= 4 is 5.97 Å². The fourth-order valence-corrected chi connectivity index (χ4v) is 2.91. The van der Waals surface area contributed by atoms with Crippen molar-refractivity contribution in [3.05, 3.63) is 0 Å². The zero-order valence-corrected chi connectivity index (χ0v) is 11.4. The van der Waals surface area contributed by atoms with Crippen molar-refractivity contribution in [3.63, 3.8) is 0 Å². The molecular weight excluding hydrogens is 232 g/mol. The van der Waals surface area contributed by atoms with Crippen LogP contribution in [0.2, 0.25) is 0 Å². The maximum absolute atomic E-state index is 10.8. The first kappa shape index (κ1) is 13.8. The van der Waals surface area contributed by atoms with Gasteiger partial charge in [0.15, 0.2) is 0 Å². The van der Waals surface area contributed by atoms with Crippen LogP contribution in [0.1, 0.15) is 52.4 Å². The van der Waals surface area contributed by atoms with Gasteiger partial charge in [-0.25, -0.2) is 0 Å². The van der Waals surface area contributed by atoms with Gasteiger partial charge in [0.2, 0.25) is 0 Å². The van der Waals surface area contributed by atoms with Crippen LogP contribution in [0.3, 0.4) is 0 Å². The molecule has 4 nitrogen and oxygen atoms in total. The van der Waals surface area contributed by atoms with E-state index in [9.17, 15) is 4.79 Å². The van der Waals surface area contributed by atoms with Crippen molar-refractivity contribution < 1.29 is 19.4 Å². The molecule has 4 heteroatoms. The monoisotopic (exact) mass is 256 g/mol. The lowest BCUT2D eigenvalue weighted by Gasteiger charge is -2.27. The van der Waals surface area contributed by atoms with E-state index in [0.717, 1.165) is 38.5 Å². The van der Waals surface area contributed by atoms with E-state index >= 15 is 0 Å². The van der Waals surface area contributed by atoms with Gasteiger partial charge < -0.3 is 14.6 Å². The number of rotatable bonds is 4. The average Bonchev–Trinajstić information content (AvgIpc) is 2.67. The molecule has 18 heavy (non-hydrogen) atoms. The van der Waals surface area contributed by atoms with E-state index in [4.69, 9.17) is 14.6 Å². The normalized spacial score (nSPS) is 35.6. The Kier molecular flexibility index (Phi) is 4.28. The SMILES string of the molecule is CC1(C)CCC(COC2CCC(C(=O)O)CC2)O1. The van der Waals surface area contributed by atoms with Gasteiger partial charge in [0.25, 0.3) is 0 Å². The first-order valence-electron chi connectivity index (χ1n) is 6.98. The van der Waals surface area contributed by atoms with Crippen molar-refractivity contribution in [1.82, 2.24) is 0 Å². The van der Waals surface area contributed by atoms with Crippen molar-refractivity contribution in [1.29, 1.82) is 0 Å². The number of ether oxygens (including phenoxy) is 2. The molecule has 1 heterocycles. The summed E-state index contributed by atoms with van der Waals surface area (Å²) in [7, 11) is 0. The van der Waals surface area contributed by atoms with Crippen molar-refractivity contribution in [3.8, 4) is 0 Å². The van der Waals surface area contributed by atoms with Crippen molar-refractivity contribution in [2.45, 2.75) is 70.2 Å². The van der Waals surface area contributed by atoms with E-state index in [-0.39, 0.29) is 23.7 Å². The van der Waals surface area contributed by atoms with E-state index in [2.05, 4.69) is 13.8 Å². The zero-order chi connectivity index (χ0) is 13.2. The van der Waals surface area contributed by atoms with Gasteiger partial charge in [0, 0.05) is 0 Å². The second kappa shape index (κ2) is 5.57. The highest BCUT2D eigenvalue weighted by atomic mass is 16.6. The molecule has 1 aliphatic heterocycles. The maximum atomic E-state index is 10.8. The average molecular weight is 256 g/mol. The molecule has 1 N–H and O–H groups in total. The number of aliphatic carboxylic acids is 1. The molecule has 0 aromatic carbocycles. The fraction of sp³-hybridized carbons (Fsp3) is 0.929. The second-order valence-corrected chi connectivity index (χ2v) is 6.18. The van der Waals surface area contributed by atoms with Gasteiger partial charge >= 0.3 is 5.97 Å². The van der Waals surface area contributed by atoms with Crippen molar-refractivity contribution in [2.24, 2.45) is 5.92 Å². The summed E-state index contributed by atoms with van der Waals surface area (Å²) in [6, 6.07) is 0. The highest BCUT2D eigenvalue weighted by Crippen LogP contribution is 2.31. The summed E-state index contributed by atoms with van der Waals surface area (Å²) >= 11 is 0. The van der Waals surface area contributed by atoms with Crippen LogP contribution in [-0.2, 0) is 14.3 Å². The number of carbonyl (C=O) groups is 1. The fourth-order valence-electron chi connectivity index (χ4n) is 2.91. The quantitative estimate of drug-likeness (QED) is 0.840. The molecule has 104 valence electrons. The second-order valence-electron chi connectivity index (χ2n) is 6.18. The molecule has 1 atom stereocenters. The van der Waals surface area contributed by atoms with Gasteiger partial charge in [-0.3, -0.25) is 4.79 Å². The number of hydrogen-bond acceptors (Lipinski definition) is 3. The Bertz CT molecular complexity index is 292. The lowest BCUT2D eigenvalue weighted by molar-refractivity contribution is -0.144. The highest BCUT2D eigenvalue weighted by molar-refractivity contribution is 5.70. The Labute approximate surface area is 109 Å². The number of hydrogen-bond donors (Lipinski definition) is 1. The zero-order valence-electron chi connectivity index (χ0n) is 11.4. The molecule has 0 aromatic heterocycles. The van der Waals surface area contributed by atoms with Crippen LogP contribution in [0.4, 0.5) is 0 Å². The molecule has 0 radical (unpaired) electrons. The predicted molar refractivity (Wildman–Crippen MR) is 67.5 cm³/mol. The van der Waals surface area contributed by atoms with Crippen LogP contribution in [0.15, 0.2) is 0 Å². The molecule has 0 bridgehead atoms. The first-order chi connectivity index (χ1) is 8.46. The van der Waals surface area contributed by atoms with E-state index in [1.165, 1.54) is 0 Å². The summed E-state index contributed by atoms with van der Waals surface area (Å²) in [5, 5.41) is 8.92. The Morgan fingerprint density at radius 2 is 1.94 bits per heavy atom. The minimum Gasteiger partial charge on any atom is -0.481 e. The van der Waals surface area contributed by atoms with Crippen LogP contribution < -0.4 is 0 Å². The van der Waals surface area contributed by atoms with Gasteiger partial charge in [-0.2, -0.15) is 0 Å². The molecular formula is C14H24O4. The third-order valence-electron chi connectivity index (χ3n) is 4.10. The lowest BCUT2D eigenvalue weighted by atomic mass is 9.87. The smallest absolute Gasteiger partial charge is 0.306 e. The third kappa shape index (κ3) is 3.69. The van der Waals surface area contributed by atoms with Gasteiger partial charge in [-0.15, -0.1) is 0 Å². The summed E-state index contributed by atoms with van der Waals surface area (Å²) in [4.78, 5) is 10.8. The summed E-state index contributed by atoms with van der Waals surface area (Å²) in [5.41, 5.74) is -0.00497. The van der Waals surface area contributed by atoms with Gasteiger partial charge in [-0.1, -0.05) is 0 Å². The standard InChI is InChI=1S/C14H24O4/c1-14(2)8-7-12(18-14)9-17-11-5-3-10(4-6-11)13(15)16/h10-12H,3-9H2,1-2H3,(H,15,16). The number of carboxylic acids is 1. The Hall–Kier alpha value is -0.610. The summed E-state index contributed by atoms with van der Waals surface area (Å²) in [6.45, 7) is 4.89. The van der Waals surface area contributed by atoms with Crippen LogP contribution in [0, 0.1) is 5.92 Å². The molecule has 2 aliphatic rings. The molecule has 1 saturated carbocycles. The molecule has 0 spiro atoms. The topological polar surface area (TPSA) is 55.8 Å². The van der Waals surface area contributed by atoms with E-state index in [0.29, 0.717) is 6.61 Å². The van der Waals surface area contributed by atoms with Crippen LogP contribution >= 0.6 is 0 Å². The Balaban J connectivity index is 1.65. The minimum atomic E-state index is -0.658. The van der Waals surface area contributed by atoms with Crippen molar-refractivity contribution in [2.75, 3.05) is 6.61 Å². The largest absolute Gasteiger partial charge is 0.481 e. The van der Waals surface area contributed by atoms with E-state index < -0.39 is 5.97 Å². The summed E-state index contributed by atoms with van der Waals surface area (Å²) < 4.78 is 11.8. The number of carboxylic acid groups (broad SMARTS) is 1. The maximum Gasteiger partial charge on any atom is 0.306 e. The first-order valence-corrected chi connectivity index (χ1v) is 6.98. The van der Waals surface area contributed by atoms with Gasteiger partial charge in [0.1, 0.15) is 0 Å². The third-order valence-corrected chi connectivity index (χ3v) is 4.10.